The number of rotatable bonds is 6. The maximum atomic E-state index is 12.2. The number of carbonyl (C=O) groups is 1. The maximum absolute atomic E-state index is 12.2. The Balaban J connectivity index is 1.67. The normalized spacial score (nSPS) is 12.1. The average molecular weight is 328 g/mol. The van der Waals surface area contributed by atoms with Gasteiger partial charge in [-0.15, -0.1) is 5.10 Å². The number of hydrogen-bond acceptors (Lipinski definition) is 8. The zero-order chi connectivity index (χ0) is 16.9. The summed E-state index contributed by atoms with van der Waals surface area (Å²) >= 11 is 0. The van der Waals surface area contributed by atoms with E-state index in [1.54, 1.807) is 25.3 Å². The molecule has 10 heteroatoms. The van der Waals surface area contributed by atoms with Gasteiger partial charge < -0.3 is 15.6 Å². The van der Waals surface area contributed by atoms with Crippen molar-refractivity contribution >= 4 is 5.91 Å². The van der Waals surface area contributed by atoms with Crippen LogP contribution in [0, 0.1) is 0 Å². The van der Waals surface area contributed by atoms with E-state index in [2.05, 4.69) is 30.8 Å². The van der Waals surface area contributed by atoms with E-state index in [-0.39, 0.29) is 17.5 Å². The summed E-state index contributed by atoms with van der Waals surface area (Å²) in [4.78, 5) is 20.6. The molecule has 0 aliphatic rings. The van der Waals surface area contributed by atoms with Gasteiger partial charge in [0, 0.05) is 12.7 Å². The minimum atomic E-state index is -0.484. The largest absolute Gasteiger partial charge is 0.339 e. The van der Waals surface area contributed by atoms with E-state index < -0.39 is 6.04 Å². The molecule has 0 fully saturated rings. The number of nitrogens with one attached hydrogen (secondary N) is 1. The van der Waals surface area contributed by atoms with E-state index in [1.807, 2.05) is 6.07 Å². The fourth-order valence-corrected chi connectivity index (χ4v) is 1.99. The molecule has 3 N–H and O–H groups in total. The Hall–Kier alpha value is -3.14. The van der Waals surface area contributed by atoms with Gasteiger partial charge in [-0.3, -0.25) is 14.5 Å². The molecule has 0 unspecified atom stereocenters. The molecule has 124 valence electrons. The lowest BCUT2D eigenvalue weighted by atomic mass is 10.3. The van der Waals surface area contributed by atoms with E-state index in [4.69, 9.17) is 10.3 Å². The number of pyridine rings is 1. The van der Waals surface area contributed by atoms with Gasteiger partial charge in [0.2, 0.25) is 11.7 Å². The monoisotopic (exact) mass is 328 g/mol. The first-order chi connectivity index (χ1) is 11.7. The highest BCUT2D eigenvalue weighted by atomic mass is 16.5. The number of nitrogens with zero attached hydrogens (tertiary/aromatic N) is 6. The molecule has 10 nitrogen and oxygen atoms in total. The van der Waals surface area contributed by atoms with Crippen molar-refractivity contribution in [1.29, 1.82) is 0 Å². The molecule has 0 saturated heterocycles. The number of hydrogen-bond donors (Lipinski definition) is 2. The minimum Gasteiger partial charge on any atom is -0.339 e. The van der Waals surface area contributed by atoms with Crippen molar-refractivity contribution in [2.24, 2.45) is 5.73 Å². The van der Waals surface area contributed by atoms with Crippen LogP contribution in [0.15, 0.2) is 35.1 Å². The molecule has 3 aromatic heterocycles. The van der Waals surface area contributed by atoms with Crippen molar-refractivity contribution in [2.75, 3.05) is 6.54 Å². The Morgan fingerprint density at radius 3 is 3.08 bits per heavy atom. The van der Waals surface area contributed by atoms with Crippen molar-refractivity contribution in [1.82, 2.24) is 35.4 Å². The molecule has 0 bridgehead atoms. The zero-order valence-electron chi connectivity index (χ0n) is 13.0. The molecule has 1 amide bonds. The van der Waals surface area contributed by atoms with Gasteiger partial charge in [-0.05, 0) is 19.1 Å². The quantitative estimate of drug-likeness (QED) is 0.653. The van der Waals surface area contributed by atoms with Crippen LogP contribution in [0.1, 0.15) is 29.3 Å². The highest BCUT2D eigenvalue weighted by Crippen LogP contribution is 2.16. The predicted molar refractivity (Wildman–Crippen MR) is 82.5 cm³/mol. The summed E-state index contributed by atoms with van der Waals surface area (Å²) in [5.74, 6) is 0.252. The van der Waals surface area contributed by atoms with Crippen LogP contribution in [0.4, 0.5) is 0 Å². The Morgan fingerprint density at radius 1 is 1.46 bits per heavy atom. The molecule has 1 atom stereocenters. The van der Waals surface area contributed by atoms with Crippen LogP contribution < -0.4 is 11.1 Å². The van der Waals surface area contributed by atoms with E-state index in [0.717, 1.165) is 0 Å². The third-order valence-electron chi connectivity index (χ3n) is 3.18. The summed E-state index contributed by atoms with van der Waals surface area (Å²) in [5, 5.41) is 14.2. The Bertz CT molecular complexity index is 813. The summed E-state index contributed by atoms with van der Waals surface area (Å²) in [6, 6.07) is 4.91. The lowest BCUT2D eigenvalue weighted by Gasteiger charge is -2.07. The SMILES string of the molecule is C[C@H](NC(=O)c1cn(CCN)nn1)c1nc(-c2ccccn2)no1. The first-order valence-corrected chi connectivity index (χ1v) is 7.33. The van der Waals surface area contributed by atoms with Crippen LogP contribution in [0.2, 0.25) is 0 Å². The van der Waals surface area contributed by atoms with Crippen molar-refractivity contribution in [3.05, 3.63) is 42.2 Å². The van der Waals surface area contributed by atoms with Crippen molar-refractivity contribution in [3.63, 3.8) is 0 Å². The van der Waals surface area contributed by atoms with Gasteiger partial charge in [-0.25, -0.2) is 0 Å². The number of nitrogens with two attached hydrogens (primary N) is 1. The molecule has 0 saturated carbocycles. The maximum Gasteiger partial charge on any atom is 0.274 e. The smallest absolute Gasteiger partial charge is 0.274 e. The van der Waals surface area contributed by atoms with Crippen LogP contribution in [0.25, 0.3) is 11.5 Å². The molecule has 0 aliphatic carbocycles. The summed E-state index contributed by atoms with van der Waals surface area (Å²) in [6.07, 6.45) is 3.17. The molecule has 0 radical (unpaired) electrons. The first-order valence-electron chi connectivity index (χ1n) is 7.33. The van der Waals surface area contributed by atoms with Gasteiger partial charge in [0.25, 0.3) is 5.91 Å². The number of carbonyl (C=O) groups excluding carboxylic acids is 1. The van der Waals surface area contributed by atoms with E-state index in [1.165, 1.54) is 10.9 Å². The van der Waals surface area contributed by atoms with Crippen LogP contribution in [-0.4, -0.2) is 42.6 Å². The molecule has 3 aromatic rings. The highest BCUT2D eigenvalue weighted by Gasteiger charge is 2.20. The third-order valence-corrected chi connectivity index (χ3v) is 3.18. The van der Waals surface area contributed by atoms with Crippen LogP contribution >= 0.6 is 0 Å². The van der Waals surface area contributed by atoms with Gasteiger partial charge in [0.1, 0.15) is 11.7 Å². The standard InChI is InChI=1S/C14H16N8O2/c1-9(17-13(23)11-8-22(7-5-15)21-19-11)14-18-12(20-24-14)10-4-2-3-6-16-10/h2-4,6,8-9H,5,7,15H2,1H3,(H,17,23)/t9-/m0/s1. The Kier molecular flexibility index (Phi) is 4.57. The predicted octanol–water partition coefficient (Wildman–Crippen LogP) is 0.173. The second-order valence-corrected chi connectivity index (χ2v) is 5.02. The van der Waals surface area contributed by atoms with Gasteiger partial charge in [0.15, 0.2) is 5.69 Å². The van der Waals surface area contributed by atoms with Gasteiger partial charge >= 0.3 is 0 Å². The molecule has 0 spiro atoms. The van der Waals surface area contributed by atoms with Crippen molar-refractivity contribution < 1.29 is 9.32 Å². The topological polar surface area (TPSA) is 138 Å². The zero-order valence-corrected chi connectivity index (χ0v) is 13.0. The number of aromatic nitrogens is 6. The van der Waals surface area contributed by atoms with Gasteiger partial charge in [-0.2, -0.15) is 4.98 Å². The molecule has 3 rings (SSSR count). The van der Waals surface area contributed by atoms with Crippen molar-refractivity contribution in [3.8, 4) is 11.5 Å². The molecule has 3 heterocycles. The summed E-state index contributed by atoms with van der Waals surface area (Å²) in [5.41, 5.74) is 6.22. The van der Waals surface area contributed by atoms with E-state index in [0.29, 0.717) is 24.6 Å². The van der Waals surface area contributed by atoms with Gasteiger partial charge in [0.05, 0.1) is 12.7 Å². The fourth-order valence-electron chi connectivity index (χ4n) is 1.99. The molecule has 24 heavy (non-hydrogen) atoms. The van der Waals surface area contributed by atoms with Crippen LogP contribution in [0.3, 0.4) is 0 Å². The Morgan fingerprint density at radius 2 is 2.33 bits per heavy atom. The number of amides is 1. The van der Waals surface area contributed by atoms with Crippen molar-refractivity contribution in [2.45, 2.75) is 19.5 Å². The second kappa shape index (κ2) is 6.96. The molecule has 0 aromatic carbocycles. The molecular weight excluding hydrogens is 312 g/mol. The van der Waals surface area contributed by atoms with E-state index >= 15 is 0 Å². The molecular formula is C14H16N8O2. The molecule has 0 aliphatic heterocycles. The summed E-state index contributed by atoms with van der Waals surface area (Å²) < 4.78 is 6.69. The van der Waals surface area contributed by atoms with Gasteiger partial charge in [-0.1, -0.05) is 16.4 Å². The fraction of sp³-hybridized carbons (Fsp3) is 0.286. The van der Waals surface area contributed by atoms with E-state index in [9.17, 15) is 4.79 Å². The lowest BCUT2D eigenvalue weighted by molar-refractivity contribution is 0.0927. The Labute approximate surface area is 137 Å². The van der Waals surface area contributed by atoms with Crippen LogP contribution in [0.5, 0.6) is 0 Å². The minimum absolute atomic E-state index is 0.194. The second-order valence-electron chi connectivity index (χ2n) is 5.02. The van der Waals surface area contributed by atoms with Crippen LogP contribution in [-0.2, 0) is 6.54 Å². The summed E-state index contributed by atoms with van der Waals surface area (Å²) in [6.45, 7) is 2.64. The highest BCUT2D eigenvalue weighted by molar-refractivity contribution is 5.92. The first kappa shape index (κ1) is 15.7. The average Bonchev–Trinajstić information content (AvgIpc) is 3.25. The third kappa shape index (κ3) is 3.43. The lowest BCUT2D eigenvalue weighted by Crippen LogP contribution is -2.27. The summed E-state index contributed by atoms with van der Waals surface area (Å²) in [7, 11) is 0.